The molecule has 1 atom stereocenters. The van der Waals surface area contributed by atoms with Crippen molar-refractivity contribution in [3.8, 4) is 0 Å². The third-order valence-electron chi connectivity index (χ3n) is 4.10. The topological polar surface area (TPSA) is 29.5 Å². The largest absolute Gasteiger partial charge is 0.457 e. The van der Waals surface area contributed by atoms with Crippen LogP contribution in [0, 0.1) is 6.92 Å². The fourth-order valence-corrected chi connectivity index (χ4v) is 3.74. The first-order valence-corrected chi connectivity index (χ1v) is 8.41. The maximum absolute atomic E-state index is 12.1. The van der Waals surface area contributed by atoms with Gasteiger partial charge >= 0.3 is 5.97 Å². The van der Waals surface area contributed by atoms with E-state index in [0.29, 0.717) is 6.04 Å². The van der Waals surface area contributed by atoms with E-state index >= 15 is 0 Å². The molecule has 0 aliphatic heterocycles. The Labute approximate surface area is 125 Å². The zero-order valence-corrected chi connectivity index (χ0v) is 13.5. The molecule has 1 saturated carbocycles. The second kappa shape index (κ2) is 7.23. The van der Waals surface area contributed by atoms with Crippen LogP contribution in [0.3, 0.4) is 0 Å². The van der Waals surface area contributed by atoms with Crippen molar-refractivity contribution in [3.63, 3.8) is 0 Å². The summed E-state index contributed by atoms with van der Waals surface area (Å²) in [5, 5.41) is 1.94. The summed E-state index contributed by atoms with van der Waals surface area (Å²) in [7, 11) is 2.15. The standard InChI is InChI=1S/C16H25NO2S/c1-12-9-10-20-15(12)16(18)19-13(2)11-17(3)14-7-5-4-6-8-14/h9-10,13-14H,4-8,11H2,1-3H3. The van der Waals surface area contributed by atoms with Crippen molar-refractivity contribution in [2.24, 2.45) is 0 Å². The molecule has 1 aromatic rings. The quantitative estimate of drug-likeness (QED) is 0.772. The van der Waals surface area contributed by atoms with Gasteiger partial charge in [-0.1, -0.05) is 19.3 Å². The van der Waals surface area contributed by atoms with Gasteiger partial charge in [-0.25, -0.2) is 4.79 Å². The molecule has 2 rings (SSSR count). The molecule has 0 aromatic carbocycles. The normalized spacial score (nSPS) is 18.2. The van der Waals surface area contributed by atoms with Crippen LogP contribution in [-0.2, 0) is 4.74 Å². The molecule has 20 heavy (non-hydrogen) atoms. The van der Waals surface area contributed by atoms with Gasteiger partial charge in [0.05, 0.1) is 0 Å². The van der Waals surface area contributed by atoms with Gasteiger partial charge in [0.2, 0.25) is 0 Å². The van der Waals surface area contributed by atoms with Crippen LogP contribution in [0.4, 0.5) is 0 Å². The van der Waals surface area contributed by atoms with Crippen molar-refractivity contribution in [1.29, 1.82) is 0 Å². The second-order valence-corrected chi connectivity index (χ2v) is 6.80. The molecule has 112 valence electrons. The molecule has 1 aromatic heterocycles. The predicted octanol–water partition coefficient (Wildman–Crippen LogP) is 3.87. The van der Waals surface area contributed by atoms with E-state index in [4.69, 9.17) is 4.74 Å². The molecule has 1 unspecified atom stereocenters. The summed E-state index contributed by atoms with van der Waals surface area (Å²) in [5.41, 5.74) is 1.01. The zero-order chi connectivity index (χ0) is 14.5. The van der Waals surface area contributed by atoms with Gasteiger partial charge in [0.15, 0.2) is 0 Å². The Hall–Kier alpha value is -0.870. The van der Waals surface area contributed by atoms with Crippen molar-refractivity contribution in [2.45, 2.75) is 58.1 Å². The van der Waals surface area contributed by atoms with Crippen molar-refractivity contribution < 1.29 is 9.53 Å². The molecule has 0 saturated heterocycles. The fourth-order valence-electron chi connectivity index (χ4n) is 2.93. The lowest BCUT2D eigenvalue weighted by molar-refractivity contribution is 0.0226. The summed E-state index contributed by atoms with van der Waals surface area (Å²) in [4.78, 5) is 15.2. The number of ether oxygens (including phenoxy) is 1. The highest BCUT2D eigenvalue weighted by Gasteiger charge is 2.21. The van der Waals surface area contributed by atoms with Crippen LogP contribution in [0.1, 0.15) is 54.3 Å². The van der Waals surface area contributed by atoms with Gasteiger partial charge in [0.1, 0.15) is 11.0 Å². The first-order valence-electron chi connectivity index (χ1n) is 7.53. The molecule has 4 heteroatoms. The van der Waals surface area contributed by atoms with Gasteiger partial charge in [0.25, 0.3) is 0 Å². The predicted molar refractivity (Wildman–Crippen MR) is 83.4 cm³/mol. The summed E-state index contributed by atoms with van der Waals surface area (Å²) in [5.74, 6) is -0.179. The minimum atomic E-state index is -0.179. The van der Waals surface area contributed by atoms with Crippen LogP contribution in [0.25, 0.3) is 0 Å². The van der Waals surface area contributed by atoms with E-state index in [2.05, 4.69) is 11.9 Å². The van der Waals surface area contributed by atoms with Gasteiger partial charge in [0, 0.05) is 12.6 Å². The lowest BCUT2D eigenvalue weighted by Gasteiger charge is -2.32. The molecular weight excluding hydrogens is 270 g/mol. The number of rotatable bonds is 5. The van der Waals surface area contributed by atoms with Crippen LogP contribution in [0.2, 0.25) is 0 Å². The summed E-state index contributed by atoms with van der Waals surface area (Å²) in [6.07, 6.45) is 6.53. The maximum Gasteiger partial charge on any atom is 0.348 e. The van der Waals surface area contributed by atoms with E-state index in [9.17, 15) is 4.79 Å². The molecule has 0 spiro atoms. The minimum Gasteiger partial charge on any atom is -0.457 e. The van der Waals surface area contributed by atoms with Gasteiger partial charge < -0.3 is 4.74 Å². The number of carbonyl (C=O) groups excluding carboxylic acids is 1. The molecule has 1 fully saturated rings. The van der Waals surface area contributed by atoms with E-state index in [1.54, 1.807) is 0 Å². The molecule has 1 aliphatic carbocycles. The molecule has 0 N–H and O–H groups in total. The molecular formula is C16H25NO2S. The van der Waals surface area contributed by atoms with Crippen molar-refractivity contribution >= 4 is 17.3 Å². The van der Waals surface area contributed by atoms with Gasteiger partial charge in [-0.15, -0.1) is 11.3 Å². The molecule has 0 amide bonds. The number of carbonyl (C=O) groups is 1. The second-order valence-electron chi connectivity index (χ2n) is 5.88. The highest BCUT2D eigenvalue weighted by Crippen LogP contribution is 2.22. The van der Waals surface area contributed by atoms with E-state index in [1.165, 1.54) is 43.4 Å². The average molecular weight is 295 g/mol. The summed E-state index contributed by atoms with van der Waals surface area (Å²) >= 11 is 1.46. The van der Waals surface area contributed by atoms with Crippen LogP contribution in [0.15, 0.2) is 11.4 Å². The Morgan fingerprint density at radius 3 is 2.75 bits per heavy atom. The van der Waals surface area contributed by atoms with E-state index in [0.717, 1.165) is 17.0 Å². The average Bonchev–Trinajstić information content (AvgIpc) is 2.86. The number of likely N-dealkylation sites (N-methyl/N-ethyl adjacent to an activating group) is 1. The molecule has 3 nitrogen and oxygen atoms in total. The van der Waals surface area contributed by atoms with Crippen LogP contribution < -0.4 is 0 Å². The fraction of sp³-hybridized carbons (Fsp3) is 0.688. The van der Waals surface area contributed by atoms with Crippen LogP contribution in [-0.4, -0.2) is 36.6 Å². The Bertz CT molecular complexity index is 437. The number of nitrogens with zero attached hydrogens (tertiary/aromatic N) is 1. The van der Waals surface area contributed by atoms with Crippen molar-refractivity contribution in [2.75, 3.05) is 13.6 Å². The van der Waals surface area contributed by atoms with Gasteiger partial charge in [-0.3, -0.25) is 4.90 Å². The Morgan fingerprint density at radius 2 is 2.15 bits per heavy atom. The van der Waals surface area contributed by atoms with Crippen molar-refractivity contribution in [1.82, 2.24) is 4.90 Å². The van der Waals surface area contributed by atoms with E-state index in [-0.39, 0.29) is 12.1 Å². The SMILES string of the molecule is Cc1ccsc1C(=O)OC(C)CN(C)C1CCCCC1. The molecule has 0 radical (unpaired) electrons. The van der Waals surface area contributed by atoms with Gasteiger partial charge in [-0.2, -0.15) is 0 Å². The molecule has 1 aliphatic rings. The van der Waals surface area contributed by atoms with E-state index in [1.807, 2.05) is 25.3 Å². The monoisotopic (exact) mass is 295 g/mol. The summed E-state index contributed by atoms with van der Waals surface area (Å²) in [6.45, 7) is 4.76. The van der Waals surface area contributed by atoms with Crippen LogP contribution >= 0.6 is 11.3 Å². The lowest BCUT2D eigenvalue weighted by Crippen LogP contribution is -2.39. The highest BCUT2D eigenvalue weighted by atomic mass is 32.1. The van der Waals surface area contributed by atoms with Crippen LogP contribution in [0.5, 0.6) is 0 Å². The zero-order valence-electron chi connectivity index (χ0n) is 12.7. The number of hydrogen-bond acceptors (Lipinski definition) is 4. The lowest BCUT2D eigenvalue weighted by atomic mass is 9.94. The number of aryl methyl sites for hydroxylation is 1. The number of thiophene rings is 1. The van der Waals surface area contributed by atoms with Gasteiger partial charge in [-0.05, 0) is 50.7 Å². The Kier molecular flexibility index (Phi) is 5.61. The Balaban J connectivity index is 1.81. The molecule has 1 heterocycles. The van der Waals surface area contributed by atoms with Crippen molar-refractivity contribution in [3.05, 3.63) is 21.9 Å². The Morgan fingerprint density at radius 1 is 1.45 bits per heavy atom. The minimum absolute atomic E-state index is 0.0593. The van der Waals surface area contributed by atoms with E-state index < -0.39 is 0 Å². The maximum atomic E-state index is 12.1. The highest BCUT2D eigenvalue weighted by molar-refractivity contribution is 7.12. The number of hydrogen-bond donors (Lipinski definition) is 0. The number of esters is 1. The summed E-state index contributed by atoms with van der Waals surface area (Å²) < 4.78 is 5.57. The molecule has 0 bridgehead atoms. The third kappa shape index (κ3) is 4.06. The summed E-state index contributed by atoms with van der Waals surface area (Å²) in [6, 6.07) is 2.62. The third-order valence-corrected chi connectivity index (χ3v) is 5.10. The first-order chi connectivity index (χ1) is 9.58. The smallest absolute Gasteiger partial charge is 0.348 e. The first kappa shape index (κ1) is 15.5.